The average Bonchev–Trinajstić information content (AvgIpc) is 2.42. The molecule has 0 amide bonds. The van der Waals surface area contributed by atoms with E-state index in [1.165, 1.54) is 0 Å². The topological polar surface area (TPSA) is 28.2 Å². The van der Waals surface area contributed by atoms with Crippen molar-refractivity contribution >= 4 is 28.2 Å². The number of rotatable bonds is 6. The highest BCUT2D eigenvalue weighted by Gasteiger charge is 2.12. The van der Waals surface area contributed by atoms with Gasteiger partial charge in [0.2, 0.25) is 0 Å². The van der Waals surface area contributed by atoms with E-state index >= 15 is 0 Å². The molecular weight excluding hydrogens is 282 g/mol. The average molecular weight is 306 g/mol. The van der Waals surface area contributed by atoms with Crippen LogP contribution in [0.5, 0.6) is 0 Å². The molecule has 0 radical (unpaired) electrons. The lowest BCUT2D eigenvalue weighted by Crippen LogP contribution is -2.40. The molecule has 1 heterocycles. The molecule has 0 aliphatic carbocycles. The summed E-state index contributed by atoms with van der Waals surface area (Å²) in [6.07, 6.45) is 1.82. The van der Waals surface area contributed by atoms with Crippen LogP contribution in [0.4, 0.5) is 5.69 Å². The first-order valence-electron chi connectivity index (χ1n) is 7.53. The number of aromatic nitrogens is 1. The lowest BCUT2D eigenvalue weighted by Gasteiger charge is -2.30. The van der Waals surface area contributed by atoms with E-state index in [2.05, 4.69) is 42.9 Å². The lowest BCUT2D eigenvalue weighted by molar-refractivity contribution is 0.182. The molecular formula is C17H24ClN3. The molecule has 114 valence electrons. The highest BCUT2D eigenvalue weighted by atomic mass is 35.5. The molecule has 0 spiro atoms. The molecule has 0 fully saturated rings. The minimum atomic E-state index is 0.555. The van der Waals surface area contributed by atoms with Crippen molar-refractivity contribution in [3.8, 4) is 0 Å². The van der Waals surface area contributed by atoms with E-state index in [0.29, 0.717) is 12.1 Å². The predicted octanol–water partition coefficient (Wildman–Crippen LogP) is 4.42. The normalized spacial score (nSPS) is 11.8. The number of benzene rings is 1. The summed E-state index contributed by atoms with van der Waals surface area (Å²) in [4.78, 5) is 6.85. The molecule has 0 aliphatic heterocycles. The minimum absolute atomic E-state index is 0.555. The van der Waals surface area contributed by atoms with E-state index in [1.54, 1.807) is 0 Å². The smallest absolute Gasteiger partial charge is 0.0737 e. The molecule has 0 atom stereocenters. The van der Waals surface area contributed by atoms with Crippen LogP contribution in [-0.2, 0) is 0 Å². The Balaban J connectivity index is 2.07. The first-order chi connectivity index (χ1) is 9.99. The number of pyridine rings is 1. The number of hydrogen-bond donors (Lipinski definition) is 1. The van der Waals surface area contributed by atoms with E-state index in [-0.39, 0.29) is 0 Å². The Morgan fingerprint density at radius 2 is 1.86 bits per heavy atom. The molecule has 0 unspecified atom stereocenters. The van der Waals surface area contributed by atoms with Crippen LogP contribution in [0.3, 0.4) is 0 Å². The molecule has 0 saturated carbocycles. The van der Waals surface area contributed by atoms with Gasteiger partial charge in [-0.3, -0.25) is 9.88 Å². The largest absolute Gasteiger partial charge is 0.383 e. The first-order valence-corrected chi connectivity index (χ1v) is 7.90. The lowest BCUT2D eigenvalue weighted by atomic mass is 10.2. The third-order valence-electron chi connectivity index (χ3n) is 3.72. The van der Waals surface area contributed by atoms with Gasteiger partial charge in [-0.2, -0.15) is 0 Å². The quantitative estimate of drug-likeness (QED) is 0.856. The zero-order chi connectivity index (χ0) is 15.4. The predicted molar refractivity (Wildman–Crippen MR) is 92.2 cm³/mol. The van der Waals surface area contributed by atoms with Crippen molar-refractivity contribution in [2.24, 2.45) is 0 Å². The Kier molecular flexibility index (Phi) is 5.43. The Morgan fingerprint density at radius 3 is 2.52 bits per heavy atom. The zero-order valence-corrected chi connectivity index (χ0v) is 14.0. The molecule has 1 aromatic carbocycles. The van der Waals surface area contributed by atoms with Crippen molar-refractivity contribution in [2.75, 3.05) is 18.4 Å². The Morgan fingerprint density at radius 1 is 1.14 bits per heavy atom. The third-order valence-corrected chi connectivity index (χ3v) is 3.95. The van der Waals surface area contributed by atoms with Gasteiger partial charge in [-0.25, -0.2) is 0 Å². The van der Waals surface area contributed by atoms with Gasteiger partial charge in [0.1, 0.15) is 0 Å². The fourth-order valence-electron chi connectivity index (χ4n) is 2.71. The Bertz CT molecular complexity index is 588. The van der Waals surface area contributed by atoms with E-state index < -0.39 is 0 Å². The summed E-state index contributed by atoms with van der Waals surface area (Å²) in [5.41, 5.74) is 2.04. The van der Waals surface area contributed by atoms with E-state index in [0.717, 1.165) is 34.7 Å². The summed E-state index contributed by atoms with van der Waals surface area (Å²) in [5, 5.41) is 5.36. The van der Waals surface area contributed by atoms with Gasteiger partial charge < -0.3 is 5.32 Å². The number of hydrogen-bond acceptors (Lipinski definition) is 3. The maximum absolute atomic E-state index is 6.02. The van der Waals surface area contributed by atoms with Gasteiger partial charge in [0, 0.05) is 47.5 Å². The maximum atomic E-state index is 6.02. The van der Waals surface area contributed by atoms with E-state index in [9.17, 15) is 0 Å². The van der Waals surface area contributed by atoms with Crippen molar-refractivity contribution in [2.45, 2.75) is 39.8 Å². The number of halogens is 1. The SMILES string of the molecule is CC(C)N(CCNc1ccnc2cc(Cl)ccc12)C(C)C. The Hall–Kier alpha value is -1.32. The monoisotopic (exact) mass is 305 g/mol. The summed E-state index contributed by atoms with van der Waals surface area (Å²) >= 11 is 6.02. The van der Waals surface area contributed by atoms with Crippen LogP contribution in [0.15, 0.2) is 30.5 Å². The molecule has 1 N–H and O–H groups in total. The van der Waals surface area contributed by atoms with Crippen LogP contribution < -0.4 is 5.32 Å². The third kappa shape index (κ3) is 4.08. The number of fused-ring (bicyclic) bond motifs is 1. The van der Waals surface area contributed by atoms with Crippen LogP contribution in [-0.4, -0.2) is 35.1 Å². The maximum Gasteiger partial charge on any atom is 0.0737 e. The standard InChI is InChI=1S/C17H24ClN3/c1-12(2)21(13(3)4)10-9-20-16-7-8-19-17-11-14(18)5-6-15(16)17/h5-8,11-13H,9-10H2,1-4H3,(H,19,20). The summed E-state index contributed by atoms with van der Waals surface area (Å²) in [6, 6.07) is 8.96. The van der Waals surface area contributed by atoms with Crippen molar-refractivity contribution in [3.63, 3.8) is 0 Å². The second kappa shape index (κ2) is 7.10. The molecule has 3 nitrogen and oxygen atoms in total. The number of anilines is 1. The number of nitrogens with zero attached hydrogens (tertiary/aromatic N) is 2. The molecule has 0 saturated heterocycles. The molecule has 0 aliphatic rings. The van der Waals surface area contributed by atoms with Gasteiger partial charge in [0.25, 0.3) is 0 Å². The minimum Gasteiger partial charge on any atom is -0.383 e. The summed E-state index contributed by atoms with van der Waals surface area (Å²) < 4.78 is 0. The summed E-state index contributed by atoms with van der Waals surface area (Å²) in [6.45, 7) is 10.9. The second-order valence-electron chi connectivity index (χ2n) is 5.87. The fourth-order valence-corrected chi connectivity index (χ4v) is 2.87. The van der Waals surface area contributed by atoms with Crippen LogP contribution in [0.25, 0.3) is 10.9 Å². The Labute approximate surface area is 132 Å². The van der Waals surface area contributed by atoms with Gasteiger partial charge in [-0.15, -0.1) is 0 Å². The number of nitrogens with one attached hydrogen (secondary N) is 1. The first kappa shape index (κ1) is 16.1. The molecule has 0 bridgehead atoms. The van der Waals surface area contributed by atoms with Crippen LogP contribution in [0.2, 0.25) is 5.02 Å². The molecule has 2 rings (SSSR count). The molecule has 21 heavy (non-hydrogen) atoms. The van der Waals surface area contributed by atoms with Gasteiger partial charge in [0.05, 0.1) is 5.52 Å². The highest BCUT2D eigenvalue weighted by molar-refractivity contribution is 6.31. The molecule has 4 heteroatoms. The second-order valence-corrected chi connectivity index (χ2v) is 6.31. The van der Waals surface area contributed by atoms with Gasteiger partial charge in [-0.05, 0) is 52.0 Å². The van der Waals surface area contributed by atoms with Crippen molar-refractivity contribution in [3.05, 3.63) is 35.5 Å². The van der Waals surface area contributed by atoms with Crippen LogP contribution >= 0.6 is 11.6 Å². The van der Waals surface area contributed by atoms with Gasteiger partial charge in [0.15, 0.2) is 0 Å². The molecule has 1 aromatic heterocycles. The fraction of sp³-hybridized carbons (Fsp3) is 0.471. The summed E-state index contributed by atoms with van der Waals surface area (Å²) in [5.74, 6) is 0. The van der Waals surface area contributed by atoms with Crippen molar-refractivity contribution in [1.29, 1.82) is 0 Å². The zero-order valence-electron chi connectivity index (χ0n) is 13.2. The van der Waals surface area contributed by atoms with E-state index in [4.69, 9.17) is 11.6 Å². The van der Waals surface area contributed by atoms with Crippen LogP contribution in [0, 0.1) is 0 Å². The summed E-state index contributed by atoms with van der Waals surface area (Å²) in [7, 11) is 0. The van der Waals surface area contributed by atoms with Gasteiger partial charge >= 0.3 is 0 Å². The van der Waals surface area contributed by atoms with Crippen molar-refractivity contribution in [1.82, 2.24) is 9.88 Å². The molecule has 2 aromatic rings. The highest BCUT2D eigenvalue weighted by Crippen LogP contribution is 2.24. The van der Waals surface area contributed by atoms with Crippen molar-refractivity contribution < 1.29 is 0 Å². The van der Waals surface area contributed by atoms with Crippen LogP contribution in [0.1, 0.15) is 27.7 Å². The van der Waals surface area contributed by atoms with Gasteiger partial charge in [-0.1, -0.05) is 11.6 Å². The van der Waals surface area contributed by atoms with E-state index in [1.807, 2.05) is 30.5 Å².